The van der Waals surface area contributed by atoms with Gasteiger partial charge in [0.25, 0.3) is 0 Å². The Morgan fingerprint density at radius 2 is 1.95 bits per heavy atom. The van der Waals surface area contributed by atoms with Crippen LogP contribution in [0.15, 0.2) is 18.2 Å². The molecule has 1 aliphatic carbocycles. The van der Waals surface area contributed by atoms with Crippen LogP contribution >= 0.6 is 12.6 Å². The predicted molar refractivity (Wildman–Crippen MR) is 88.4 cm³/mol. The summed E-state index contributed by atoms with van der Waals surface area (Å²) >= 11 is 4.52. The molecule has 0 spiro atoms. The fourth-order valence-electron chi connectivity index (χ4n) is 3.86. The van der Waals surface area contributed by atoms with E-state index in [9.17, 15) is 0 Å². The monoisotopic (exact) mass is 276 g/mol. The Bertz CT molecular complexity index is 453. The fourth-order valence-corrected chi connectivity index (χ4v) is 4.25. The van der Waals surface area contributed by atoms with Gasteiger partial charge < -0.3 is 0 Å². The van der Waals surface area contributed by atoms with Crippen LogP contribution in [0.4, 0.5) is 0 Å². The smallest absolute Gasteiger partial charge is 0.00103 e. The van der Waals surface area contributed by atoms with Crippen LogP contribution in [0.3, 0.4) is 0 Å². The lowest BCUT2D eigenvalue weighted by Crippen LogP contribution is -2.30. The SMILES string of the molecule is CC(C)C1(CCS)CCc2c(C(C)(C)C)cccc21. The first-order valence-electron chi connectivity index (χ1n) is 7.56. The van der Waals surface area contributed by atoms with Gasteiger partial charge in [0.1, 0.15) is 0 Å². The van der Waals surface area contributed by atoms with E-state index in [1.807, 2.05) is 0 Å². The van der Waals surface area contributed by atoms with Gasteiger partial charge in [-0.2, -0.15) is 12.6 Å². The third-order valence-electron chi connectivity index (χ3n) is 5.00. The maximum Gasteiger partial charge on any atom is -0.00103 e. The molecule has 19 heavy (non-hydrogen) atoms. The first-order valence-corrected chi connectivity index (χ1v) is 8.20. The Morgan fingerprint density at radius 3 is 2.47 bits per heavy atom. The first kappa shape index (κ1) is 15.0. The molecular weight excluding hydrogens is 248 g/mol. The second-order valence-electron chi connectivity index (χ2n) is 7.37. The molecule has 1 unspecified atom stereocenters. The van der Waals surface area contributed by atoms with Crippen LogP contribution in [-0.4, -0.2) is 5.75 Å². The average molecular weight is 276 g/mol. The molecule has 0 radical (unpaired) electrons. The van der Waals surface area contributed by atoms with Crippen LogP contribution in [0.25, 0.3) is 0 Å². The molecule has 1 aliphatic rings. The quantitative estimate of drug-likeness (QED) is 0.726. The highest BCUT2D eigenvalue weighted by molar-refractivity contribution is 7.80. The summed E-state index contributed by atoms with van der Waals surface area (Å²) in [6.45, 7) is 11.7. The van der Waals surface area contributed by atoms with E-state index in [0.717, 1.165) is 5.75 Å². The third-order valence-corrected chi connectivity index (χ3v) is 5.23. The third kappa shape index (κ3) is 2.46. The van der Waals surface area contributed by atoms with E-state index in [-0.39, 0.29) is 5.41 Å². The van der Waals surface area contributed by atoms with Crippen molar-refractivity contribution in [2.75, 3.05) is 5.75 Å². The van der Waals surface area contributed by atoms with Gasteiger partial charge in [-0.05, 0) is 58.5 Å². The van der Waals surface area contributed by atoms with Crippen molar-refractivity contribution in [3.63, 3.8) is 0 Å². The van der Waals surface area contributed by atoms with E-state index in [1.165, 1.54) is 19.3 Å². The molecule has 0 saturated heterocycles. The molecule has 0 N–H and O–H groups in total. The van der Waals surface area contributed by atoms with E-state index in [4.69, 9.17) is 0 Å². The van der Waals surface area contributed by atoms with E-state index >= 15 is 0 Å². The predicted octanol–water partition coefficient (Wildman–Crippen LogP) is 5.14. The van der Waals surface area contributed by atoms with E-state index in [1.54, 1.807) is 16.7 Å². The van der Waals surface area contributed by atoms with Gasteiger partial charge in [-0.3, -0.25) is 0 Å². The van der Waals surface area contributed by atoms with Crippen molar-refractivity contribution in [1.82, 2.24) is 0 Å². The maximum atomic E-state index is 4.52. The van der Waals surface area contributed by atoms with Gasteiger partial charge in [0.2, 0.25) is 0 Å². The van der Waals surface area contributed by atoms with Crippen molar-refractivity contribution < 1.29 is 0 Å². The number of hydrogen-bond acceptors (Lipinski definition) is 1. The Labute approximate surface area is 124 Å². The van der Waals surface area contributed by atoms with Gasteiger partial charge in [0.15, 0.2) is 0 Å². The maximum absolute atomic E-state index is 4.52. The van der Waals surface area contributed by atoms with Crippen LogP contribution < -0.4 is 0 Å². The van der Waals surface area contributed by atoms with Crippen molar-refractivity contribution >= 4 is 12.6 Å². The van der Waals surface area contributed by atoms with Crippen molar-refractivity contribution in [3.05, 3.63) is 34.9 Å². The highest BCUT2D eigenvalue weighted by Crippen LogP contribution is 2.49. The van der Waals surface area contributed by atoms with E-state index < -0.39 is 0 Å². The molecular formula is C18H28S. The minimum absolute atomic E-state index is 0.249. The summed E-state index contributed by atoms with van der Waals surface area (Å²) in [5.41, 5.74) is 5.40. The topological polar surface area (TPSA) is 0 Å². The molecule has 1 aromatic carbocycles. The first-order chi connectivity index (χ1) is 8.83. The van der Waals surface area contributed by atoms with E-state index in [0.29, 0.717) is 11.3 Å². The molecule has 0 fully saturated rings. The largest absolute Gasteiger partial charge is 0.179 e. The zero-order valence-electron chi connectivity index (χ0n) is 13.1. The summed E-state index contributed by atoms with van der Waals surface area (Å²) in [6, 6.07) is 6.97. The molecule has 2 rings (SSSR count). The molecule has 0 aromatic heterocycles. The summed E-state index contributed by atoms with van der Waals surface area (Å²) in [6.07, 6.45) is 3.75. The highest BCUT2D eigenvalue weighted by atomic mass is 32.1. The number of benzene rings is 1. The summed E-state index contributed by atoms with van der Waals surface area (Å²) < 4.78 is 0. The molecule has 1 atom stereocenters. The Morgan fingerprint density at radius 1 is 1.26 bits per heavy atom. The lowest BCUT2D eigenvalue weighted by Gasteiger charge is -2.35. The highest BCUT2D eigenvalue weighted by Gasteiger charge is 2.42. The zero-order valence-corrected chi connectivity index (χ0v) is 14.0. The normalized spacial score (nSPS) is 22.9. The molecule has 0 nitrogen and oxygen atoms in total. The summed E-state index contributed by atoms with van der Waals surface area (Å²) in [4.78, 5) is 0. The lowest BCUT2D eigenvalue weighted by atomic mass is 9.70. The molecule has 0 bridgehead atoms. The second kappa shape index (κ2) is 5.16. The molecule has 0 heterocycles. The second-order valence-corrected chi connectivity index (χ2v) is 7.81. The van der Waals surface area contributed by atoms with Gasteiger partial charge in [0.05, 0.1) is 0 Å². The summed E-state index contributed by atoms with van der Waals surface area (Å²) in [7, 11) is 0. The average Bonchev–Trinajstić information content (AvgIpc) is 2.69. The van der Waals surface area contributed by atoms with Crippen LogP contribution in [0.5, 0.6) is 0 Å². The fraction of sp³-hybridized carbons (Fsp3) is 0.667. The molecule has 0 saturated carbocycles. The molecule has 0 amide bonds. The number of fused-ring (bicyclic) bond motifs is 1. The standard InChI is InChI=1S/C18H28S/c1-13(2)18(11-12-19)10-9-14-15(17(3,4)5)7-6-8-16(14)18/h6-8,13,19H,9-12H2,1-5H3. The minimum Gasteiger partial charge on any atom is -0.179 e. The number of rotatable bonds is 3. The Balaban J connectivity index is 2.57. The Hall–Kier alpha value is -0.430. The van der Waals surface area contributed by atoms with Crippen LogP contribution in [0.2, 0.25) is 0 Å². The van der Waals surface area contributed by atoms with Crippen LogP contribution in [0.1, 0.15) is 64.2 Å². The van der Waals surface area contributed by atoms with Gasteiger partial charge in [0, 0.05) is 0 Å². The van der Waals surface area contributed by atoms with Crippen LogP contribution in [-0.2, 0) is 17.3 Å². The van der Waals surface area contributed by atoms with Crippen molar-refractivity contribution in [2.24, 2.45) is 5.92 Å². The van der Waals surface area contributed by atoms with Crippen molar-refractivity contribution in [3.8, 4) is 0 Å². The van der Waals surface area contributed by atoms with E-state index in [2.05, 4.69) is 65.4 Å². The van der Waals surface area contributed by atoms with Gasteiger partial charge in [-0.25, -0.2) is 0 Å². The zero-order chi connectivity index (χ0) is 14.3. The number of thiol groups is 1. The van der Waals surface area contributed by atoms with Crippen molar-refractivity contribution in [2.45, 2.75) is 64.7 Å². The van der Waals surface area contributed by atoms with Crippen molar-refractivity contribution in [1.29, 1.82) is 0 Å². The molecule has 1 aromatic rings. The van der Waals surface area contributed by atoms with Crippen LogP contribution in [0, 0.1) is 5.92 Å². The van der Waals surface area contributed by atoms with Gasteiger partial charge in [-0.1, -0.05) is 52.8 Å². The summed E-state index contributed by atoms with van der Waals surface area (Å²) in [5, 5.41) is 0. The van der Waals surface area contributed by atoms with Gasteiger partial charge >= 0.3 is 0 Å². The molecule has 0 aliphatic heterocycles. The number of hydrogen-bond donors (Lipinski definition) is 1. The molecule has 106 valence electrons. The Kier molecular flexibility index (Phi) is 4.07. The molecule has 1 heteroatoms. The summed E-state index contributed by atoms with van der Waals surface area (Å²) in [5.74, 6) is 1.67. The lowest BCUT2D eigenvalue weighted by molar-refractivity contribution is 0.296. The minimum atomic E-state index is 0.249. The van der Waals surface area contributed by atoms with Gasteiger partial charge in [-0.15, -0.1) is 0 Å².